The predicted molar refractivity (Wildman–Crippen MR) is 147 cm³/mol. The zero-order valence-electron chi connectivity index (χ0n) is 21.9. The largest absolute Gasteiger partial charge is 0.416 e. The van der Waals surface area contributed by atoms with Crippen molar-refractivity contribution in [2.24, 2.45) is 0 Å². The minimum absolute atomic E-state index is 0.199. The van der Waals surface area contributed by atoms with E-state index in [1.807, 2.05) is 18.4 Å². The van der Waals surface area contributed by atoms with Crippen molar-refractivity contribution in [2.75, 3.05) is 24.7 Å². The van der Waals surface area contributed by atoms with Crippen LogP contribution in [0.4, 0.5) is 18.9 Å². The molecule has 2 aromatic carbocycles. The van der Waals surface area contributed by atoms with E-state index in [1.54, 1.807) is 30.8 Å². The Balaban J connectivity index is 1.62. The van der Waals surface area contributed by atoms with Crippen molar-refractivity contribution in [2.45, 2.75) is 55.8 Å². The molecule has 1 fully saturated rings. The van der Waals surface area contributed by atoms with Crippen molar-refractivity contribution in [1.82, 2.24) is 16.0 Å². The first-order valence-electron chi connectivity index (χ1n) is 12.6. The molecule has 210 valence electrons. The number of anilines is 1. The number of carbonyl (C=O) groups excluding carboxylic acids is 3. The smallest absolute Gasteiger partial charge is 0.381 e. The van der Waals surface area contributed by atoms with Crippen LogP contribution in [0, 0.1) is 0 Å². The number of rotatable bonds is 10. The lowest BCUT2D eigenvalue weighted by molar-refractivity contribution is -0.137. The number of halogens is 3. The summed E-state index contributed by atoms with van der Waals surface area (Å²) in [6, 6.07) is 9.45. The van der Waals surface area contributed by atoms with Gasteiger partial charge in [0.25, 0.3) is 11.8 Å². The van der Waals surface area contributed by atoms with Crippen LogP contribution >= 0.6 is 11.8 Å². The molecule has 1 saturated carbocycles. The maximum Gasteiger partial charge on any atom is 0.416 e. The monoisotopic (exact) mass is 562 g/mol. The SMILES string of the molecule is C=C(C)CNc1ccc(C(F)(F)F)cc1C(=O)NCC(=O)NC1CCCCC1NC(=O)c1ccc(SC)cc1. The predicted octanol–water partition coefficient (Wildman–Crippen LogP) is 5.00. The van der Waals surface area contributed by atoms with Gasteiger partial charge in [0.15, 0.2) is 0 Å². The van der Waals surface area contributed by atoms with Gasteiger partial charge in [0.05, 0.1) is 17.7 Å². The van der Waals surface area contributed by atoms with Gasteiger partial charge in [-0.1, -0.05) is 25.0 Å². The Kier molecular flexibility index (Phi) is 10.4. The Morgan fingerprint density at radius 2 is 1.59 bits per heavy atom. The van der Waals surface area contributed by atoms with Crippen molar-refractivity contribution >= 4 is 35.2 Å². The second-order valence-electron chi connectivity index (χ2n) is 9.52. The van der Waals surface area contributed by atoms with Crippen LogP contribution in [0.5, 0.6) is 0 Å². The molecular formula is C28H33F3N4O3S. The average Bonchev–Trinajstić information content (AvgIpc) is 2.91. The van der Waals surface area contributed by atoms with Crippen LogP contribution in [0.15, 0.2) is 59.5 Å². The van der Waals surface area contributed by atoms with Gasteiger partial charge in [0, 0.05) is 34.8 Å². The van der Waals surface area contributed by atoms with Crippen molar-refractivity contribution in [3.8, 4) is 0 Å². The molecule has 0 heterocycles. The topological polar surface area (TPSA) is 99.3 Å². The first-order valence-corrected chi connectivity index (χ1v) is 13.8. The minimum Gasteiger partial charge on any atom is -0.381 e. The summed E-state index contributed by atoms with van der Waals surface area (Å²) in [6.07, 6.45) is 0.429. The van der Waals surface area contributed by atoms with Crippen molar-refractivity contribution < 1.29 is 27.6 Å². The fourth-order valence-corrected chi connectivity index (χ4v) is 4.70. The molecular weight excluding hydrogens is 529 g/mol. The number of nitrogens with one attached hydrogen (secondary N) is 4. The van der Waals surface area contributed by atoms with E-state index < -0.39 is 30.1 Å². The number of hydrogen-bond donors (Lipinski definition) is 4. The number of amides is 3. The summed E-state index contributed by atoms with van der Waals surface area (Å²) in [5.41, 5.74) is 0.250. The lowest BCUT2D eigenvalue weighted by Crippen LogP contribution is -2.54. The highest BCUT2D eigenvalue weighted by atomic mass is 32.2. The molecule has 3 amide bonds. The third kappa shape index (κ3) is 8.77. The zero-order chi connectivity index (χ0) is 28.6. The van der Waals surface area contributed by atoms with Crippen LogP contribution in [-0.2, 0) is 11.0 Å². The van der Waals surface area contributed by atoms with E-state index in [0.29, 0.717) is 18.4 Å². The summed E-state index contributed by atoms with van der Waals surface area (Å²) in [7, 11) is 0. The molecule has 4 N–H and O–H groups in total. The summed E-state index contributed by atoms with van der Waals surface area (Å²) >= 11 is 1.58. The molecule has 1 aliphatic carbocycles. The van der Waals surface area contributed by atoms with Crippen molar-refractivity contribution in [1.29, 1.82) is 0 Å². The fourth-order valence-electron chi connectivity index (χ4n) is 4.29. The van der Waals surface area contributed by atoms with E-state index >= 15 is 0 Å². The van der Waals surface area contributed by atoms with Crippen LogP contribution in [0.3, 0.4) is 0 Å². The maximum absolute atomic E-state index is 13.3. The van der Waals surface area contributed by atoms with Gasteiger partial charge in [0.1, 0.15) is 0 Å². The Morgan fingerprint density at radius 1 is 0.949 bits per heavy atom. The Labute approximate surface area is 230 Å². The minimum atomic E-state index is -4.63. The molecule has 0 aromatic heterocycles. The number of alkyl halides is 3. The van der Waals surface area contributed by atoms with Gasteiger partial charge >= 0.3 is 6.18 Å². The summed E-state index contributed by atoms with van der Waals surface area (Å²) in [5.74, 6) is -1.55. The highest BCUT2D eigenvalue weighted by molar-refractivity contribution is 7.98. The molecule has 7 nitrogen and oxygen atoms in total. The molecule has 0 aliphatic heterocycles. The second-order valence-corrected chi connectivity index (χ2v) is 10.4. The van der Waals surface area contributed by atoms with Gasteiger partial charge in [-0.15, -0.1) is 11.8 Å². The molecule has 0 saturated heterocycles. The van der Waals surface area contributed by atoms with E-state index in [1.165, 1.54) is 6.07 Å². The van der Waals surface area contributed by atoms with Crippen molar-refractivity contribution in [3.63, 3.8) is 0 Å². The number of carbonyl (C=O) groups is 3. The van der Waals surface area contributed by atoms with Crippen LogP contribution in [0.25, 0.3) is 0 Å². The number of thioether (sulfide) groups is 1. The van der Waals surface area contributed by atoms with E-state index in [-0.39, 0.29) is 35.8 Å². The van der Waals surface area contributed by atoms with Crippen LogP contribution in [-0.4, -0.2) is 49.2 Å². The van der Waals surface area contributed by atoms with Gasteiger partial charge < -0.3 is 21.3 Å². The van der Waals surface area contributed by atoms with Gasteiger partial charge in [-0.05, 0) is 68.5 Å². The lowest BCUT2D eigenvalue weighted by Gasteiger charge is -2.33. The molecule has 0 radical (unpaired) electrons. The molecule has 0 spiro atoms. The third-order valence-electron chi connectivity index (χ3n) is 6.36. The van der Waals surface area contributed by atoms with Gasteiger partial charge in [-0.25, -0.2) is 0 Å². The van der Waals surface area contributed by atoms with Gasteiger partial charge in [0.2, 0.25) is 5.91 Å². The molecule has 0 bridgehead atoms. The van der Waals surface area contributed by atoms with E-state index in [4.69, 9.17) is 0 Å². The molecule has 2 aromatic rings. The quantitative estimate of drug-likeness (QED) is 0.241. The van der Waals surface area contributed by atoms with Gasteiger partial charge in [-0.2, -0.15) is 13.2 Å². The fraction of sp³-hybridized carbons (Fsp3) is 0.393. The first-order chi connectivity index (χ1) is 18.5. The Bertz CT molecular complexity index is 1200. The highest BCUT2D eigenvalue weighted by Crippen LogP contribution is 2.32. The number of benzene rings is 2. The van der Waals surface area contributed by atoms with Crippen molar-refractivity contribution in [3.05, 3.63) is 71.3 Å². The van der Waals surface area contributed by atoms with Gasteiger partial charge in [-0.3, -0.25) is 14.4 Å². The maximum atomic E-state index is 13.3. The third-order valence-corrected chi connectivity index (χ3v) is 7.11. The van der Waals surface area contributed by atoms with E-state index in [9.17, 15) is 27.6 Å². The van der Waals surface area contributed by atoms with Crippen LogP contribution in [0.2, 0.25) is 0 Å². The number of hydrogen-bond acceptors (Lipinski definition) is 5. The summed E-state index contributed by atoms with van der Waals surface area (Å²) in [4.78, 5) is 39.3. The Morgan fingerprint density at radius 3 is 2.18 bits per heavy atom. The molecule has 2 atom stereocenters. The zero-order valence-corrected chi connectivity index (χ0v) is 22.7. The molecule has 39 heavy (non-hydrogen) atoms. The van der Waals surface area contributed by atoms with E-state index in [2.05, 4.69) is 27.8 Å². The molecule has 2 unspecified atom stereocenters. The normalized spacial score (nSPS) is 17.2. The summed E-state index contributed by atoms with van der Waals surface area (Å²) in [5, 5.41) is 11.2. The Hall–Kier alpha value is -3.47. The standard InChI is InChI=1S/C28H33F3N4O3S/c1-17(2)15-32-22-13-10-19(28(29,30)31)14-21(22)27(38)33-16-25(36)34-23-6-4-5-7-24(23)35-26(37)18-8-11-20(39-3)12-9-18/h8-14,23-24,32H,1,4-7,15-16H2,2-3H3,(H,33,38)(H,34,36)(H,35,37). The first kappa shape index (κ1) is 30.1. The second kappa shape index (κ2) is 13.5. The summed E-state index contributed by atoms with van der Waals surface area (Å²) < 4.78 is 39.8. The lowest BCUT2D eigenvalue weighted by atomic mass is 9.90. The highest BCUT2D eigenvalue weighted by Gasteiger charge is 2.32. The van der Waals surface area contributed by atoms with Crippen LogP contribution < -0.4 is 21.3 Å². The average molecular weight is 563 g/mol. The molecule has 11 heteroatoms. The van der Waals surface area contributed by atoms with Crippen LogP contribution in [0.1, 0.15) is 58.9 Å². The summed E-state index contributed by atoms with van der Waals surface area (Å²) in [6.45, 7) is 5.32. The molecule has 1 aliphatic rings. The molecule has 3 rings (SSSR count). The van der Waals surface area contributed by atoms with E-state index in [0.717, 1.165) is 35.4 Å².